The topological polar surface area (TPSA) is 62.5 Å². The van der Waals surface area contributed by atoms with E-state index in [1.165, 1.54) is 0 Å². The molecule has 0 saturated carbocycles. The molecule has 1 amide bonds. The van der Waals surface area contributed by atoms with Gasteiger partial charge < -0.3 is 10.6 Å². The van der Waals surface area contributed by atoms with Crippen LogP contribution in [0.4, 0.5) is 5.13 Å². The molecule has 0 radical (unpaired) electrons. The first kappa shape index (κ1) is 11.3. The SMILES string of the molecule is NC(=O)CN1CCCN(c2nccs2)CC1. The van der Waals surface area contributed by atoms with Crippen molar-refractivity contribution >= 4 is 22.4 Å². The first-order chi connectivity index (χ1) is 7.75. The second kappa shape index (κ2) is 5.27. The highest BCUT2D eigenvalue weighted by Crippen LogP contribution is 2.18. The number of hydrogen-bond donors (Lipinski definition) is 1. The lowest BCUT2D eigenvalue weighted by atomic mass is 10.4. The third kappa shape index (κ3) is 2.93. The Bertz CT molecular complexity index is 341. The van der Waals surface area contributed by atoms with Gasteiger partial charge in [-0.2, -0.15) is 0 Å². The smallest absolute Gasteiger partial charge is 0.231 e. The average Bonchev–Trinajstić information content (AvgIpc) is 2.66. The number of aromatic nitrogens is 1. The van der Waals surface area contributed by atoms with Gasteiger partial charge in [0.25, 0.3) is 0 Å². The van der Waals surface area contributed by atoms with Crippen LogP contribution >= 0.6 is 11.3 Å². The standard InChI is InChI=1S/C10H16N4OS/c11-9(15)8-13-3-1-4-14(6-5-13)10-12-2-7-16-10/h2,7H,1,3-6,8H2,(H2,11,15). The maximum Gasteiger partial charge on any atom is 0.231 e. The van der Waals surface area contributed by atoms with Crippen LogP contribution in [0.5, 0.6) is 0 Å². The maximum atomic E-state index is 10.8. The normalized spacial score (nSPS) is 18.4. The van der Waals surface area contributed by atoms with Crippen LogP contribution in [0.2, 0.25) is 0 Å². The summed E-state index contributed by atoms with van der Waals surface area (Å²) in [5.41, 5.74) is 5.20. The zero-order chi connectivity index (χ0) is 11.4. The van der Waals surface area contributed by atoms with E-state index in [9.17, 15) is 4.79 Å². The van der Waals surface area contributed by atoms with Crippen LogP contribution in [0.15, 0.2) is 11.6 Å². The van der Waals surface area contributed by atoms with Gasteiger partial charge in [-0.05, 0) is 6.42 Å². The average molecular weight is 240 g/mol. The fraction of sp³-hybridized carbons (Fsp3) is 0.600. The summed E-state index contributed by atoms with van der Waals surface area (Å²) >= 11 is 1.66. The monoisotopic (exact) mass is 240 g/mol. The van der Waals surface area contributed by atoms with Crippen LogP contribution < -0.4 is 10.6 Å². The number of primary amides is 1. The highest BCUT2D eigenvalue weighted by Gasteiger charge is 2.17. The molecule has 1 saturated heterocycles. The number of amides is 1. The minimum absolute atomic E-state index is 0.248. The number of thiazole rings is 1. The van der Waals surface area contributed by atoms with Crippen LogP contribution in [-0.2, 0) is 4.79 Å². The third-order valence-electron chi connectivity index (χ3n) is 2.66. The minimum atomic E-state index is -0.248. The Morgan fingerprint density at radius 1 is 1.44 bits per heavy atom. The van der Waals surface area contributed by atoms with E-state index in [2.05, 4.69) is 14.8 Å². The number of anilines is 1. The van der Waals surface area contributed by atoms with Gasteiger partial charge in [0, 0.05) is 37.8 Å². The van der Waals surface area contributed by atoms with Crippen molar-refractivity contribution in [3.8, 4) is 0 Å². The number of nitrogens with zero attached hydrogens (tertiary/aromatic N) is 3. The molecular formula is C10H16N4OS. The van der Waals surface area contributed by atoms with Crippen molar-refractivity contribution in [2.24, 2.45) is 5.73 Å². The van der Waals surface area contributed by atoms with Gasteiger partial charge in [0.15, 0.2) is 5.13 Å². The first-order valence-electron chi connectivity index (χ1n) is 5.41. The van der Waals surface area contributed by atoms with Crippen LogP contribution in [0.1, 0.15) is 6.42 Å². The molecule has 88 valence electrons. The fourth-order valence-electron chi connectivity index (χ4n) is 1.91. The molecule has 0 bridgehead atoms. The molecule has 5 nitrogen and oxygen atoms in total. The Morgan fingerprint density at radius 3 is 3.00 bits per heavy atom. The predicted octanol–water partition coefficient (Wildman–Crippen LogP) is 0.141. The largest absolute Gasteiger partial charge is 0.369 e. The van der Waals surface area contributed by atoms with E-state index in [4.69, 9.17) is 5.73 Å². The second-order valence-corrected chi connectivity index (χ2v) is 4.77. The molecule has 2 rings (SSSR count). The van der Waals surface area contributed by atoms with E-state index < -0.39 is 0 Å². The fourth-order valence-corrected chi connectivity index (χ4v) is 2.61. The molecule has 1 aromatic rings. The van der Waals surface area contributed by atoms with Crippen molar-refractivity contribution in [2.45, 2.75) is 6.42 Å². The van der Waals surface area contributed by atoms with E-state index in [1.54, 1.807) is 11.3 Å². The van der Waals surface area contributed by atoms with Crippen LogP contribution in [0, 0.1) is 0 Å². The lowest BCUT2D eigenvalue weighted by molar-refractivity contribution is -0.119. The number of rotatable bonds is 3. The lowest BCUT2D eigenvalue weighted by Crippen LogP contribution is -2.36. The summed E-state index contributed by atoms with van der Waals surface area (Å²) < 4.78 is 0. The summed E-state index contributed by atoms with van der Waals surface area (Å²) in [6.45, 7) is 4.10. The molecular weight excluding hydrogens is 224 g/mol. The van der Waals surface area contributed by atoms with Crippen molar-refractivity contribution in [2.75, 3.05) is 37.6 Å². The molecule has 0 atom stereocenters. The van der Waals surface area contributed by atoms with Gasteiger partial charge >= 0.3 is 0 Å². The summed E-state index contributed by atoms with van der Waals surface area (Å²) in [6, 6.07) is 0. The van der Waals surface area contributed by atoms with E-state index in [-0.39, 0.29) is 5.91 Å². The van der Waals surface area contributed by atoms with E-state index in [1.807, 2.05) is 11.6 Å². The van der Waals surface area contributed by atoms with E-state index >= 15 is 0 Å². The van der Waals surface area contributed by atoms with Crippen molar-refractivity contribution < 1.29 is 4.79 Å². The molecule has 2 N–H and O–H groups in total. The molecule has 0 unspecified atom stereocenters. The van der Waals surface area contributed by atoms with Crippen molar-refractivity contribution in [3.05, 3.63) is 11.6 Å². The van der Waals surface area contributed by atoms with E-state index in [0.717, 1.165) is 37.7 Å². The quantitative estimate of drug-likeness (QED) is 0.816. The van der Waals surface area contributed by atoms with Gasteiger partial charge in [0.05, 0.1) is 6.54 Å². The Morgan fingerprint density at radius 2 is 2.31 bits per heavy atom. The molecule has 1 fully saturated rings. The number of hydrogen-bond acceptors (Lipinski definition) is 5. The zero-order valence-corrected chi connectivity index (χ0v) is 9.95. The Hall–Kier alpha value is -1.14. The summed E-state index contributed by atoms with van der Waals surface area (Å²) in [5, 5.41) is 3.06. The van der Waals surface area contributed by atoms with Crippen LogP contribution in [-0.4, -0.2) is 48.5 Å². The summed E-state index contributed by atoms with van der Waals surface area (Å²) in [6.07, 6.45) is 2.87. The zero-order valence-electron chi connectivity index (χ0n) is 9.13. The van der Waals surface area contributed by atoms with E-state index in [0.29, 0.717) is 6.54 Å². The Balaban J connectivity index is 1.90. The molecule has 16 heavy (non-hydrogen) atoms. The first-order valence-corrected chi connectivity index (χ1v) is 6.29. The number of carbonyl (C=O) groups excluding carboxylic acids is 1. The summed E-state index contributed by atoms with van der Waals surface area (Å²) in [5.74, 6) is -0.248. The summed E-state index contributed by atoms with van der Waals surface area (Å²) in [7, 11) is 0. The molecule has 0 spiro atoms. The van der Waals surface area contributed by atoms with Crippen molar-refractivity contribution in [3.63, 3.8) is 0 Å². The molecule has 0 aromatic carbocycles. The van der Waals surface area contributed by atoms with Gasteiger partial charge in [-0.15, -0.1) is 11.3 Å². The summed E-state index contributed by atoms with van der Waals surface area (Å²) in [4.78, 5) is 19.5. The molecule has 1 aromatic heterocycles. The van der Waals surface area contributed by atoms with Gasteiger partial charge in [-0.25, -0.2) is 4.98 Å². The van der Waals surface area contributed by atoms with Gasteiger partial charge in [0.1, 0.15) is 0 Å². The molecule has 2 heterocycles. The highest BCUT2D eigenvalue weighted by molar-refractivity contribution is 7.13. The van der Waals surface area contributed by atoms with Crippen molar-refractivity contribution in [1.82, 2.24) is 9.88 Å². The molecule has 0 aliphatic carbocycles. The Kier molecular flexibility index (Phi) is 3.74. The van der Waals surface area contributed by atoms with Gasteiger partial charge in [-0.1, -0.05) is 0 Å². The maximum absolute atomic E-state index is 10.8. The molecule has 1 aliphatic rings. The predicted molar refractivity (Wildman–Crippen MR) is 64.6 cm³/mol. The van der Waals surface area contributed by atoms with Crippen molar-refractivity contribution in [1.29, 1.82) is 0 Å². The highest BCUT2D eigenvalue weighted by atomic mass is 32.1. The van der Waals surface area contributed by atoms with Crippen LogP contribution in [0.25, 0.3) is 0 Å². The Labute approximate surface area is 98.9 Å². The molecule has 1 aliphatic heterocycles. The number of carbonyl (C=O) groups is 1. The number of nitrogens with two attached hydrogens (primary N) is 1. The minimum Gasteiger partial charge on any atom is -0.369 e. The molecule has 6 heteroatoms. The second-order valence-electron chi connectivity index (χ2n) is 3.90. The van der Waals surface area contributed by atoms with Crippen LogP contribution in [0.3, 0.4) is 0 Å². The van der Waals surface area contributed by atoms with Gasteiger partial charge in [-0.3, -0.25) is 9.69 Å². The lowest BCUT2D eigenvalue weighted by Gasteiger charge is -2.20. The van der Waals surface area contributed by atoms with Gasteiger partial charge in [0.2, 0.25) is 5.91 Å². The third-order valence-corrected chi connectivity index (χ3v) is 3.49.